The molecule has 1 aliphatic heterocycles. The normalized spacial score (nSPS) is 19.1. The summed E-state index contributed by atoms with van der Waals surface area (Å²) in [5, 5.41) is 3.45. The van der Waals surface area contributed by atoms with E-state index >= 15 is 4.39 Å². The van der Waals surface area contributed by atoms with Gasteiger partial charge >= 0.3 is 0 Å². The van der Waals surface area contributed by atoms with Gasteiger partial charge in [0.25, 0.3) is 5.91 Å². The number of hydrogen-bond donors (Lipinski definition) is 2. The average molecular weight is 535 g/mol. The van der Waals surface area contributed by atoms with Crippen molar-refractivity contribution in [2.75, 3.05) is 11.1 Å². The van der Waals surface area contributed by atoms with Crippen molar-refractivity contribution in [3.05, 3.63) is 88.8 Å². The molecule has 8 nitrogen and oxygen atoms in total. The fraction of sp³-hybridized carbons (Fsp3) is 0.167. The fourth-order valence-corrected chi connectivity index (χ4v) is 6.15. The molecule has 0 saturated carbocycles. The van der Waals surface area contributed by atoms with Crippen molar-refractivity contribution < 1.29 is 26.4 Å². The van der Waals surface area contributed by atoms with E-state index < -0.39 is 50.4 Å². The third-order valence-electron chi connectivity index (χ3n) is 5.67. The molecule has 3 N–H and O–H groups in total. The highest BCUT2D eigenvalue weighted by molar-refractivity contribution is 7.89. The number of allylic oxidation sites excluding steroid dienone is 1. The predicted molar refractivity (Wildman–Crippen MR) is 134 cm³/mol. The van der Waals surface area contributed by atoms with E-state index in [4.69, 9.17) is 21.8 Å². The smallest absolute Gasteiger partial charge is 0.291 e. The molecule has 1 aliphatic rings. The summed E-state index contributed by atoms with van der Waals surface area (Å²) >= 11 is 5.96. The number of aliphatic imine (C=N–C) groups is 1. The number of amides is 1. The number of carbonyl (C=O) groups excluding carboxylic acids is 1. The molecule has 36 heavy (non-hydrogen) atoms. The minimum atomic E-state index is -4.18. The van der Waals surface area contributed by atoms with Crippen LogP contribution in [0.2, 0.25) is 5.02 Å². The molecular formula is C24H21ClF2N4O4S. The minimum absolute atomic E-state index is 0.0753. The molecular weight excluding hydrogens is 514 g/mol. The van der Waals surface area contributed by atoms with Crippen LogP contribution >= 0.6 is 11.6 Å². The second kappa shape index (κ2) is 8.75. The Bertz CT molecular complexity index is 1600. The Morgan fingerprint density at radius 3 is 2.53 bits per heavy atom. The van der Waals surface area contributed by atoms with Crippen LogP contribution in [0.15, 0.2) is 70.2 Å². The van der Waals surface area contributed by atoms with Gasteiger partial charge < -0.3 is 15.5 Å². The Morgan fingerprint density at radius 1 is 1.22 bits per heavy atom. The van der Waals surface area contributed by atoms with Crippen molar-refractivity contribution in [2.24, 2.45) is 10.7 Å². The van der Waals surface area contributed by atoms with Crippen LogP contribution in [0.4, 0.5) is 14.5 Å². The van der Waals surface area contributed by atoms with Crippen molar-refractivity contribution >= 4 is 50.1 Å². The van der Waals surface area contributed by atoms with E-state index in [1.54, 1.807) is 18.2 Å². The molecule has 0 spiro atoms. The van der Waals surface area contributed by atoms with Crippen LogP contribution in [-0.2, 0) is 15.6 Å². The summed E-state index contributed by atoms with van der Waals surface area (Å²) in [6.45, 7) is 10.2. The maximum Gasteiger partial charge on any atom is 0.291 e. The molecule has 1 atom stereocenters. The number of nitrogens with zero attached hydrogens (tertiary/aromatic N) is 2. The molecule has 1 aromatic heterocycles. The molecule has 12 heteroatoms. The molecule has 2 aromatic carbocycles. The first-order valence-electron chi connectivity index (χ1n) is 10.4. The fourth-order valence-electron chi connectivity index (χ4n) is 4.04. The maximum absolute atomic E-state index is 15.1. The molecule has 0 saturated heterocycles. The third kappa shape index (κ3) is 4.24. The van der Waals surface area contributed by atoms with Crippen molar-refractivity contribution in [1.82, 2.24) is 4.31 Å². The number of anilines is 1. The van der Waals surface area contributed by atoms with Gasteiger partial charge in [0.05, 0.1) is 0 Å². The van der Waals surface area contributed by atoms with Gasteiger partial charge in [0.15, 0.2) is 17.4 Å². The number of furan rings is 1. The monoisotopic (exact) mass is 534 g/mol. The zero-order chi connectivity index (χ0) is 26.6. The standard InChI is InChI=1S/C24H21ClF2N4O4S/c1-12(2)24(11-36(33,34)31(13(3)4)23(28)30-24)17-9-16(10-18(26)21(17)27)29-22(32)20-8-14-7-15(25)5-6-19(14)35-20/h5-10H,1,3,11H2,2,4H3,(H2,28,30)(H,29,32)/t24-/m1/s1. The van der Waals surface area contributed by atoms with Gasteiger partial charge in [0.1, 0.15) is 16.9 Å². The third-order valence-corrected chi connectivity index (χ3v) is 7.74. The Balaban J connectivity index is 1.80. The minimum Gasteiger partial charge on any atom is -0.451 e. The SMILES string of the molecule is C=C(C)N1C(N)=N[C@](C(=C)C)(c2cc(NC(=O)c3cc4cc(Cl)ccc4o3)cc(F)c2F)CS1(=O)=O. The second-order valence-corrected chi connectivity index (χ2v) is 10.7. The van der Waals surface area contributed by atoms with Crippen LogP contribution in [0.25, 0.3) is 11.0 Å². The van der Waals surface area contributed by atoms with Crippen molar-refractivity contribution in [2.45, 2.75) is 19.4 Å². The molecule has 0 aliphatic carbocycles. The Labute approximate surface area is 210 Å². The summed E-state index contributed by atoms with van der Waals surface area (Å²) < 4.78 is 62.2. The summed E-state index contributed by atoms with van der Waals surface area (Å²) in [4.78, 5) is 17.0. The predicted octanol–water partition coefficient (Wildman–Crippen LogP) is 4.88. The Kier molecular flexibility index (Phi) is 6.17. The van der Waals surface area contributed by atoms with Crippen molar-refractivity contribution in [3.63, 3.8) is 0 Å². The van der Waals surface area contributed by atoms with Crippen LogP contribution < -0.4 is 11.1 Å². The number of hydrogen-bond acceptors (Lipinski definition) is 6. The lowest BCUT2D eigenvalue weighted by Crippen LogP contribution is -2.52. The van der Waals surface area contributed by atoms with E-state index in [0.29, 0.717) is 16.0 Å². The molecule has 2 heterocycles. The second-order valence-electron chi connectivity index (χ2n) is 8.43. The Hall–Kier alpha value is -3.70. The molecule has 0 radical (unpaired) electrons. The number of benzene rings is 2. The highest BCUT2D eigenvalue weighted by Gasteiger charge is 2.48. The quantitative estimate of drug-likeness (QED) is 0.452. The maximum atomic E-state index is 15.1. The van der Waals surface area contributed by atoms with Gasteiger partial charge in [0.2, 0.25) is 16.0 Å². The molecule has 188 valence electrons. The van der Waals surface area contributed by atoms with Crippen molar-refractivity contribution in [1.29, 1.82) is 0 Å². The van der Waals surface area contributed by atoms with Crippen LogP contribution in [-0.4, -0.2) is 30.3 Å². The highest BCUT2D eigenvalue weighted by atomic mass is 35.5. The van der Waals surface area contributed by atoms with Crippen molar-refractivity contribution in [3.8, 4) is 0 Å². The van der Waals surface area contributed by atoms with Gasteiger partial charge in [0, 0.05) is 33.4 Å². The molecule has 0 bridgehead atoms. The van der Waals surface area contributed by atoms with Crippen LogP contribution in [0.1, 0.15) is 30.0 Å². The number of nitrogens with two attached hydrogens (primary N) is 1. The summed E-state index contributed by atoms with van der Waals surface area (Å²) in [5.41, 5.74) is 3.90. The van der Waals surface area contributed by atoms with Gasteiger partial charge in [-0.1, -0.05) is 24.8 Å². The molecule has 1 amide bonds. The zero-order valence-corrected chi connectivity index (χ0v) is 20.8. The average Bonchev–Trinajstić information content (AvgIpc) is 3.17. The van der Waals surface area contributed by atoms with E-state index in [1.807, 2.05) is 0 Å². The van der Waals surface area contributed by atoms with Gasteiger partial charge in [-0.25, -0.2) is 26.5 Å². The largest absolute Gasteiger partial charge is 0.451 e. The van der Waals surface area contributed by atoms with Gasteiger partial charge in [-0.05, 0) is 49.8 Å². The summed E-state index contributed by atoms with van der Waals surface area (Å²) in [6.07, 6.45) is 0. The highest BCUT2D eigenvalue weighted by Crippen LogP contribution is 2.41. The number of carbonyl (C=O) groups is 1. The van der Waals surface area contributed by atoms with E-state index in [1.165, 1.54) is 19.9 Å². The van der Waals surface area contributed by atoms with E-state index in [2.05, 4.69) is 23.5 Å². The number of rotatable bonds is 5. The Morgan fingerprint density at radius 2 is 1.92 bits per heavy atom. The zero-order valence-electron chi connectivity index (χ0n) is 19.2. The molecule has 4 rings (SSSR count). The first-order chi connectivity index (χ1) is 16.7. The van der Waals surface area contributed by atoms with Crippen LogP contribution in [0, 0.1) is 11.6 Å². The van der Waals surface area contributed by atoms with E-state index in [0.717, 1.165) is 16.4 Å². The van der Waals surface area contributed by atoms with Gasteiger partial charge in [-0.3, -0.25) is 4.79 Å². The summed E-state index contributed by atoms with van der Waals surface area (Å²) in [6, 6.07) is 8.07. The van der Waals surface area contributed by atoms with E-state index in [-0.39, 0.29) is 22.7 Å². The lowest BCUT2D eigenvalue weighted by Gasteiger charge is -2.39. The molecule has 3 aromatic rings. The summed E-state index contributed by atoms with van der Waals surface area (Å²) in [5.74, 6) is -4.82. The first kappa shape index (κ1) is 25.4. The topological polar surface area (TPSA) is 118 Å². The van der Waals surface area contributed by atoms with Gasteiger partial charge in [-0.15, -0.1) is 0 Å². The molecule has 0 unspecified atom stereocenters. The summed E-state index contributed by atoms with van der Waals surface area (Å²) in [7, 11) is -4.18. The van der Waals surface area contributed by atoms with Crippen LogP contribution in [0.5, 0.6) is 0 Å². The number of fused-ring (bicyclic) bond motifs is 1. The van der Waals surface area contributed by atoms with Gasteiger partial charge in [-0.2, -0.15) is 0 Å². The van der Waals surface area contributed by atoms with Crippen LogP contribution in [0.3, 0.4) is 0 Å². The number of guanidine groups is 1. The van der Waals surface area contributed by atoms with E-state index in [9.17, 15) is 17.6 Å². The number of halogens is 3. The number of sulfonamides is 1. The first-order valence-corrected chi connectivity index (χ1v) is 12.4. The number of nitrogens with one attached hydrogen (secondary N) is 1. The lowest BCUT2D eigenvalue weighted by molar-refractivity contribution is 0.0998. The molecule has 0 fully saturated rings. The lowest BCUT2D eigenvalue weighted by atomic mass is 9.85.